The van der Waals surface area contributed by atoms with Crippen molar-refractivity contribution in [3.8, 4) is 0 Å². The Morgan fingerprint density at radius 2 is 2.12 bits per heavy atom. The van der Waals surface area contributed by atoms with Crippen molar-refractivity contribution >= 4 is 39.9 Å². The highest BCUT2D eigenvalue weighted by Gasteiger charge is 2.41. The van der Waals surface area contributed by atoms with Crippen LogP contribution in [0, 0.1) is 5.41 Å². The van der Waals surface area contributed by atoms with E-state index in [1.165, 1.54) is 14.7 Å². The van der Waals surface area contributed by atoms with Gasteiger partial charge in [-0.3, -0.25) is 14.9 Å². The molecule has 3 unspecified atom stereocenters. The molecule has 3 atom stereocenters. The van der Waals surface area contributed by atoms with Gasteiger partial charge in [-0.15, -0.1) is 11.3 Å². The molecule has 4 heterocycles. The minimum Gasteiger partial charge on any atom is -0.356 e. The van der Waals surface area contributed by atoms with E-state index in [9.17, 15) is 4.79 Å². The number of allylic oxidation sites excluding steroid dienone is 4. The summed E-state index contributed by atoms with van der Waals surface area (Å²) in [5.74, 6) is 1.07. The zero-order chi connectivity index (χ0) is 22.0. The number of nitrogens with one attached hydrogen (secondary N) is 3. The third-order valence-corrected chi connectivity index (χ3v) is 8.67. The zero-order valence-corrected chi connectivity index (χ0v) is 19.9. The molecule has 0 aromatic carbocycles. The van der Waals surface area contributed by atoms with E-state index >= 15 is 0 Å². The summed E-state index contributed by atoms with van der Waals surface area (Å²) in [6.45, 7) is 6.43. The van der Waals surface area contributed by atoms with E-state index in [2.05, 4.69) is 72.0 Å². The summed E-state index contributed by atoms with van der Waals surface area (Å²) in [6, 6.07) is 4.72. The Morgan fingerprint density at radius 1 is 1.25 bits per heavy atom. The lowest BCUT2D eigenvalue weighted by molar-refractivity contribution is -0.118. The number of thiophene rings is 1. The number of rotatable bonds is 2. The smallest absolute Gasteiger partial charge is 0.163 e. The average molecular weight is 464 g/mol. The molecule has 3 N–H and O–H groups in total. The lowest BCUT2D eigenvalue weighted by Gasteiger charge is -2.37. The number of nitrogens with zero attached hydrogens (tertiary/aromatic N) is 2. The fraction of sp³-hybridized carbons (Fsp3) is 0.375. The second-order valence-electron chi connectivity index (χ2n) is 9.72. The van der Waals surface area contributed by atoms with Crippen molar-refractivity contribution in [3.63, 3.8) is 0 Å². The van der Waals surface area contributed by atoms with Crippen LogP contribution in [0.3, 0.4) is 0 Å². The Morgan fingerprint density at radius 3 is 3.00 bits per heavy atom. The van der Waals surface area contributed by atoms with Crippen LogP contribution in [0.1, 0.15) is 50.0 Å². The molecule has 0 saturated heterocycles. The number of hydrogen-bond acceptors (Lipinski definition) is 7. The van der Waals surface area contributed by atoms with Gasteiger partial charge < -0.3 is 10.6 Å². The normalized spacial score (nSPS) is 27.7. The molecule has 8 heteroatoms. The van der Waals surface area contributed by atoms with Crippen LogP contribution in [-0.2, 0) is 4.79 Å². The first-order valence-electron chi connectivity index (χ1n) is 10.9. The Labute approximate surface area is 195 Å². The lowest BCUT2D eigenvalue weighted by Crippen LogP contribution is -2.33. The summed E-state index contributed by atoms with van der Waals surface area (Å²) < 4.78 is 1.17. The first-order chi connectivity index (χ1) is 15.4. The van der Waals surface area contributed by atoms with Crippen molar-refractivity contribution in [3.05, 3.63) is 63.8 Å². The number of aromatic amines is 1. The summed E-state index contributed by atoms with van der Waals surface area (Å²) in [4.78, 5) is 19.3. The first kappa shape index (κ1) is 20.1. The van der Waals surface area contributed by atoms with Gasteiger partial charge in [0.05, 0.1) is 28.4 Å². The SMILES string of the molecule is CC1=CC2NC(Sc3ccc(C4C5=C(CC(C)(C)CC5=O)Nc5[nH]ncc54)s3)=NC2C=C1. The van der Waals surface area contributed by atoms with Crippen LogP contribution in [0.4, 0.5) is 5.82 Å². The predicted octanol–water partition coefficient (Wildman–Crippen LogP) is 4.98. The maximum atomic E-state index is 13.2. The summed E-state index contributed by atoms with van der Waals surface area (Å²) >= 11 is 3.41. The number of H-pyrrole nitrogens is 1. The Hall–Kier alpha value is -2.58. The van der Waals surface area contributed by atoms with Gasteiger partial charge >= 0.3 is 0 Å². The Bertz CT molecular complexity index is 1240. The minimum atomic E-state index is -0.0717. The summed E-state index contributed by atoms with van der Waals surface area (Å²) in [6.07, 6.45) is 9.83. The van der Waals surface area contributed by atoms with Crippen molar-refractivity contribution < 1.29 is 4.79 Å². The number of hydrogen-bond donors (Lipinski definition) is 3. The number of anilines is 1. The number of carbonyl (C=O) groups excluding carboxylic acids is 1. The van der Waals surface area contributed by atoms with E-state index in [1.807, 2.05) is 6.20 Å². The number of fused-ring (bicyclic) bond motifs is 2. The molecule has 2 aromatic rings. The highest BCUT2D eigenvalue weighted by molar-refractivity contribution is 8.15. The molecule has 2 aromatic heterocycles. The van der Waals surface area contributed by atoms with E-state index in [0.717, 1.165) is 34.2 Å². The monoisotopic (exact) mass is 463 g/mol. The number of thioether (sulfide) groups is 1. The fourth-order valence-electron chi connectivity index (χ4n) is 5.07. The Balaban J connectivity index is 1.31. The molecule has 0 amide bonds. The van der Waals surface area contributed by atoms with Gasteiger partial charge in [-0.2, -0.15) is 5.10 Å². The molecular formula is C24H25N5OS2. The van der Waals surface area contributed by atoms with Crippen molar-refractivity contribution in [1.82, 2.24) is 15.5 Å². The number of carbonyl (C=O) groups is 1. The number of aromatic nitrogens is 2. The third-order valence-electron chi connectivity index (χ3n) is 6.47. The zero-order valence-electron chi connectivity index (χ0n) is 18.2. The summed E-state index contributed by atoms with van der Waals surface area (Å²) in [5, 5.41) is 15.3. The van der Waals surface area contributed by atoms with Crippen molar-refractivity contribution in [2.24, 2.45) is 10.4 Å². The fourth-order valence-corrected chi connectivity index (χ4v) is 7.32. The topological polar surface area (TPSA) is 82.2 Å². The van der Waals surface area contributed by atoms with Crippen LogP contribution in [0.2, 0.25) is 0 Å². The second kappa shape index (κ2) is 7.22. The van der Waals surface area contributed by atoms with E-state index in [1.54, 1.807) is 23.1 Å². The predicted molar refractivity (Wildman–Crippen MR) is 130 cm³/mol. The van der Waals surface area contributed by atoms with E-state index in [4.69, 9.17) is 4.99 Å². The van der Waals surface area contributed by atoms with Gasteiger partial charge in [0.25, 0.3) is 0 Å². The molecule has 0 bridgehead atoms. The molecule has 0 radical (unpaired) electrons. The van der Waals surface area contributed by atoms with E-state index < -0.39 is 0 Å². The van der Waals surface area contributed by atoms with Crippen molar-refractivity contribution in [1.29, 1.82) is 0 Å². The maximum absolute atomic E-state index is 13.2. The largest absolute Gasteiger partial charge is 0.356 e. The van der Waals surface area contributed by atoms with Crippen LogP contribution in [0.15, 0.2) is 62.6 Å². The van der Waals surface area contributed by atoms with Gasteiger partial charge in [0.1, 0.15) is 5.82 Å². The minimum absolute atomic E-state index is 0.0359. The molecule has 6 rings (SSSR count). The summed E-state index contributed by atoms with van der Waals surface area (Å²) in [7, 11) is 0. The third kappa shape index (κ3) is 3.36. The summed E-state index contributed by atoms with van der Waals surface area (Å²) in [5.41, 5.74) is 4.22. The molecule has 0 fully saturated rings. The highest BCUT2D eigenvalue weighted by Crippen LogP contribution is 2.50. The molecule has 164 valence electrons. The molecule has 4 aliphatic rings. The molecule has 0 saturated carbocycles. The molecule has 32 heavy (non-hydrogen) atoms. The van der Waals surface area contributed by atoms with Gasteiger partial charge in [-0.1, -0.05) is 37.6 Å². The molecule has 2 aliphatic carbocycles. The van der Waals surface area contributed by atoms with Crippen LogP contribution < -0.4 is 10.6 Å². The van der Waals surface area contributed by atoms with Crippen LogP contribution >= 0.6 is 23.1 Å². The molecular weight excluding hydrogens is 438 g/mol. The van der Waals surface area contributed by atoms with Crippen molar-refractivity contribution in [2.75, 3.05) is 5.32 Å². The molecule has 6 nitrogen and oxygen atoms in total. The maximum Gasteiger partial charge on any atom is 0.163 e. The van der Waals surface area contributed by atoms with E-state index in [-0.39, 0.29) is 29.2 Å². The quantitative estimate of drug-likeness (QED) is 0.585. The lowest BCUT2D eigenvalue weighted by atomic mass is 9.70. The van der Waals surface area contributed by atoms with Gasteiger partial charge in [0, 0.05) is 28.1 Å². The van der Waals surface area contributed by atoms with Gasteiger partial charge in [-0.05, 0) is 42.7 Å². The number of aliphatic imine (C=N–C) groups is 1. The number of ketones is 1. The Kier molecular flexibility index (Phi) is 4.52. The van der Waals surface area contributed by atoms with Gasteiger partial charge in [0.15, 0.2) is 11.0 Å². The van der Waals surface area contributed by atoms with Gasteiger partial charge in [-0.25, -0.2) is 0 Å². The van der Waals surface area contributed by atoms with E-state index in [0.29, 0.717) is 6.42 Å². The number of Topliss-reactive ketones (excluding diaryl/α,β-unsaturated/α-hetero) is 1. The number of amidine groups is 1. The van der Waals surface area contributed by atoms with Gasteiger partial charge in [0.2, 0.25) is 0 Å². The van der Waals surface area contributed by atoms with Crippen molar-refractivity contribution in [2.45, 2.75) is 55.8 Å². The molecule has 2 aliphatic heterocycles. The second-order valence-corrected chi connectivity index (χ2v) is 12.1. The average Bonchev–Trinajstić information content (AvgIpc) is 3.44. The standard InChI is InChI=1S/C24H25N5OS2/c1-12-4-5-14-15(8-12)28-23(27-14)32-19-7-6-18(31-19)20-13-11-25-29-22(13)26-16-9-24(2,3)10-17(30)21(16)20/h4-8,11,14-15,20H,9-10H2,1-3H3,(H,27,28)(H2,25,26,29). The van der Waals surface area contributed by atoms with Crippen LogP contribution in [0.5, 0.6) is 0 Å². The molecule has 0 spiro atoms. The first-order valence-corrected chi connectivity index (χ1v) is 12.5. The van der Waals surface area contributed by atoms with Crippen LogP contribution in [0.25, 0.3) is 0 Å². The van der Waals surface area contributed by atoms with Crippen LogP contribution in [-0.4, -0.2) is 33.2 Å². The highest BCUT2D eigenvalue weighted by atomic mass is 32.2.